The van der Waals surface area contributed by atoms with E-state index in [0.717, 1.165) is 23.3 Å². The van der Waals surface area contributed by atoms with Gasteiger partial charge in [0.15, 0.2) is 0 Å². The Balaban J connectivity index is 1.93. The normalized spacial score (nSPS) is 14.4. The van der Waals surface area contributed by atoms with Gasteiger partial charge in [-0.05, 0) is 47.4 Å². The maximum Gasteiger partial charge on any atom is 0.416 e. The summed E-state index contributed by atoms with van der Waals surface area (Å²) in [7, 11) is 0. The Morgan fingerprint density at radius 3 is 2.28 bits per heavy atom. The fourth-order valence-electron chi connectivity index (χ4n) is 2.90. The average Bonchev–Trinajstić information content (AvgIpc) is 2.56. The van der Waals surface area contributed by atoms with E-state index in [1.165, 1.54) is 17.0 Å². The topological polar surface area (TPSA) is 57.6 Å². The molecule has 1 aliphatic heterocycles. The average molecular weight is 349 g/mol. The highest BCUT2D eigenvalue weighted by atomic mass is 19.4. The minimum Gasteiger partial charge on any atom is -0.480 e. The zero-order valence-electron chi connectivity index (χ0n) is 13.0. The molecule has 1 N–H and O–H groups in total. The molecular weight excluding hydrogens is 335 g/mol. The smallest absolute Gasteiger partial charge is 0.416 e. The van der Waals surface area contributed by atoms with E-state index in [2.05, 4.69) is 0 Å². The van der Waals surface area contributed by atoms with Crippen LogP contribution in [0, 0.1) is 0 Å². The van der Waals surface area contributed by atoms with Gasteiger partial charge < -0.3 is 10.0 Å². The molecule has 1 aliphatic rings. The third-order valence-electron chi connectivity index (χ3n) is 4.12. The van der Waals surface area contributed by atoms with Crippen LogP contribution in [0.1, 0.15) is 17.5 Å². The molecule has 2 aromatic carbocycles. The molecule has 0 bridgehead atoms. The predicted molar refractivity (Wildman–Crippen MR) is 85.2 cm³/mol. The van der Waals surface area contributed by atoms with Crippen LogP contribution in [0.15, 0.2) is 42.5 Å². The van der Waals surface area contributed by atoms with Crippen LogP contribution in [-0.2, 0) is 22.2 Å². The third kappa shape index (κ3) is 3.50. The van der Waals surface area contributed by atoms with Crippen molar-refractivity contribution in [1.82, 2.24) is 0 Å². The number of aliphatic carboxylic acids is 1. The molecule has 0 unspecified atom stereocenters. The molecule has 3 rings (SSSR count). The lowest BCUT2D eigenvalue weighted by atomic mass is 9.95. The van der Waals surface area contributed by atoms with Crippen LogP contribution in [-0.4, -0.2) is 23.5 Å². The number of nitrogens with zero attached hydrogens (tertiary/aromatic N) is 1. The zero-order chi connectivity index (χ0) is 18.2. The summed E-state index contributed by atoms with van der Waals surface area (Å²) in [5.74, 6) is -1.36. The highest BCUT2D eigenvalue weighted by molar-refractivity contribution is 6.00. The fraction of sp³-hybridized carbons (Fsp3) is 0.222. The van der Waals surface area contributed by atoms with Crippen LogP contribution >= 0.6 is 0 Å². The lowest BCUT2D eigenvalue weighted by molar-refractivity contribution is -0.138. The highest BCUT2D eigenvalue weighted by Gasteiger charge is 2.30. The second-order valence-electron chi connectivity index (χ2n) is 5.79. The predicted octanol–water partition coefficient (Wildman–Crippen LogP) is 3.74. The van der Waals surface area contributed by atoms with E-state index in [1.54, 1.807) is 18.2 Å². The number of halogens is 3. The van der Waals surface area contributed by atoms with Crippen molar-refractivity contribution in [3.05, 3.63) is 53.6 Å². The minimum absolute atomic E-state index is 0.205. The first-order valence-corrected chi connectivity index (χ1v) is 7.58. The second-order valence-corrected chi connectivity index (χ2v) is 5.79. The van der Waals surface area contributed by atoms with Crippen LogP contribution in [0.2, 0.25) is 0 Å². The Labute approximate surface area is 141 Å². The Morgan fingerprint density at radius 1 is 1.04 bits per heavy atom. The largest absolute Gasteiger partial charge is 0.480 e. The van der Waals surface area contributed by atoms with Crippen molar-refractivity contribution in [3.8, 4) is 11.1 Å². The van der Waals surface area contributed by atoms with Crippen molar-refractivity contribution in [2.75, 3.05) is 11.4 Å². The lowest BCUT2D eigenvalue weighted by Gasteiger charge is -2.28. The number of carboxylic acids is 1. The Morgan fingerprint density at radius 2 is 1.68 bits per heavy atom. The summed E-state index contributed by atoms with van der Waals surface area (Å²) in [5, 5.41) is 8.95. The lowest BCUT2D eigenvalue weighted by Crippen LogP contribution is -2.38. The van der Waals surface area contributed by atoms with Gasteiger partial charge >= 0.3 is 12.1 Å². The molecule has 2 aromatic rings. The molecule has 0 radical (unpaired) electrons. The summed E-state index contributed by atoms with van der Waals surface area (Å²) < 4.78 is 37.9. The summed E-state index contributed by atoms with van der Waals surface area (Å²) >= 11 is 0. The number of alkyl halides is 3. The van der Waals surface area contributed by atoms with E-state index < -0.39 is 24.3 Å². The number of fused-ring (bicyclic) bond motifs is 1. The highest BCUT2D eigenvalue weighted by Crippen LogP contribution is 2.34. The van der Waals surface area contributed by atoms with Gasteiger partial charge in [-0.1, -0.05) is 18.2 Å². The van der Waals surface area contributed by atoms with Crippen molar-refractivity contribution in [2.24, 2.45) is 0 Å². The van der Waals surface area contributed by atoms with Gasteiger partial charge in [-0.2, -0.15) is 13.2 Å². The Kier molecular flexibility index (Phi) is 4.24. The van der Waals surface area contributed by atoms with Gasteiger partial charge in [0.2, 0.25) is 5.91 Å². The van der Waals surface area contributed by atoms with E-state index in [4.69, 9.17) is 5.11 Å². The summed E-state index contributed by atoms with van der Waals surface area (Å²) in [6.45, 7) is -0.411. The van der Waals surface area contributed by atoms with Crippen LogP contribution in [0.4, 0.5) is 18.9 Å². The van der Waals surface area contributed by atoms with Gasteiger partial charge in [-0.25, -0.2) is 0 Å². The van der Waals surface area contributed by atoms with Gasteiger partial charge in [0.25, 0.3) is 0 Å². The molecule has 0 aromatic heterocycles. The fourth-order valence-corrected chi connectivity index (χ4v) is 2.90. The first-order chi connectivity index (χ1) is 11.8. The van der Waals surface area contributed by atoms with E-state index in [9.17, 15) is 22.8 Å². The summed E-state index contributed by atoms with van der Waals surface area (Å²) in [6.07, 6.45) is -3.71. The number of benzene rings is 2. The molecule has 0 saturated carbocycles. The molecule has 130 valence electrons. The SMILES string of the molecule is O=C(O)CN1C(=O)CCc2cc(-c3ccc(C(F)(F)F)cc3)ccc21. The van der Waals surface area contributed by atoms with Gasteiger partial charge in [-0.15, -0.1) is 0 Å². The number of carboxylic acid groups (broad SMARTS) is 1. The van der Waals surface area contributed by atoms with Gasteiger partial charge in [0.05, 0.1) is 5.56 Å². The van der Waals surface area contributed by atoms with E-state index in [1.807, 2.05) is 0 Å². The minimum atomic E-state index is -4.38. The Hall–Kier alpha value is -2.83. The number of rotatable bonds is 3. The first kappa shape index (κ1) is 17.0. The molecule has 1 amide bonds. The van der Waals surface area contributed by atoms with Crippen LogP contribution in [0.25, 0.3) is 11.1 Å². The molecule has 1 heterocycles. The Bertz CT molecular complexity index is 828. The zero-order valence-corrected chi connectivity index (χ0v) is 13.0. The number of amides is 1. The first-order valence-electron chi connectivity index (χ1n) is 7.58. The number of aryl methyl sites for hydroxylation is 1. The quantitative estimate of drug-likeness (QED) is 0.918. The molecular formula is C18H14F3NO3. The van der Waals surface area contributed by atoms with Gasteiger partial charge in [-0.3, -0.25) is 9.59 Å². The number of carbonyl (C=O) groups is 2. The monoisotopic (exact) mass is 349 g/mol. The van der Waals surface area contributed by atoms with E-state index in [-0.39, 0.29) is 12.3 Å². The van der Waals surface area contributed by atoms with Crippen LogP contribution in [0.3, 0.4) is 0 Å². The van der Waals surface area contributed by atoms with Crippen molar-refractivity contribution < 1.29 is 27.9 Å². The number of carbonyl (C=O) groups excluding carboxylic acids is 1. The second kappa shape index (κ2) is 6.23. The van der Waals surface area contributed by atoms with E-state index in [0.29, 0.717) is 17.7 Å². The summed E-state index contributed by atoms with van der Waals surface area (Å²) in [4.78, 5) is 24.1. The molecule has 0 atom stereocenters. The molecule has 0 aliphatic carbocycles. The number of hydrogen-bond donors (Lipinski definition) is 1. The van der Waals surface area contributed by atoms with Crippen molar-refractivity contribution in [3.63, 3.8) is 0 Å². The summed E-state index contributed by atoms with van der Waals surface area (Å²) in [6, 6.07) is 9.95. The molecule has 0 spiro atoms. The van der Waals surface area contributed by atoms with Crippen LogP contribution in [0.5, 0.6) is 0 Å². The number of anilines is 1. The van der Waals surface area contributed by atoms with E-state index >= 15 is 0 Å². The maximum absolute atomic E-state index is 12.6. The van der Waals surface area contributed by atoms with Gasteiger partial charge in [0, 0.05) is 12.1 Å². The van der Waals surface area contributed by atoms with Crippen LogP contribution < -0.4 is 4.90 Å². The molecule has 25 heavy (non-hydrogen) atoms. The molecule has 7 heteroatoms. The molecule has 0 saturated heterocycles. The standard InChI is InChI=1S/C18H14F3NO3/c19-18(20,21)14-5-1-11(2-6-14)12-3-7-15-13(9-12)4-8-16(23)22(15)10-17(24)25/h1-3,5-7,9H,4,8,10H2,(H,24,25). The molecule has 0 fully saturated rings. The summed E-state index contributed by atoms with van der Waals surface area (Å²) in [5.41, 5.74) is 1.97. The number of hydrogen-bond acceptors (Lipinski definition) is 2. The third-order valence-corrected chi connectivity index (χ3v) is 4.12. The van der Waals surface area contributed by atoms with Crippen molar-refractivity contribution in [1.29, 1.82) is 0 Å². The van der Waals surface area contributed by atoms with Crippen molar-refractivity contribution in [2.45, 2.75) is 19.0 Å². The van der Waals surface area contributed by atoms with Gasteiger partial charge in [0.1, 0.15) is 6.54 Å². The molecule has 4 nitrogen and oxygen atoms in total. The maximum atomic E-state index is 12.6. The van der Waals surface area contributed by atoms with Crippen molar-refractivity contribution >= 4 is 17.6 Å².